The summed E-state index contributed by atoms with van der Waals surface area (Å²) in [6.45, 7) is 0. The predicted molar refractivity (Wildman–Crippen MR) is 46.6 cm³/mol. The second kappa shape index (κ2) is 2.85. The number of carbonyl (C=O) groups is 1. The van der Waals surface area contributed by atoms with Crippen molar-refractivity contribution in [2.75, 3.05) is 0 Å². The van der Waals surface area contributed by atoms with Gasteiger partial charge < -0.3 is 10.2 Å². The maximum Gasteiger partial charge on any atom is 0.163 e. The van der Waals surface area contributed by atoms with Crippen LogP contribution in [0.25, 0.3) is 0 Å². The van der Waals surface area contributed by atoms with Crippen LogP contribution in [0.15, 0.2) is 18.2 Å². The molecule has 1 atom stereocenters. The number of aliphatic hydroxyl groups excluding tert-OH is 1. The van der Waals surface area contributed by atoms with Crippen LogP contribution in [0.2, 0.25) is 0 Å². The van der Waals surface area contributed by atoms with E-state index in [4.69, 9.17) is 5.11 Å². The second-order valence-corrected chi connectivity index (χ2v) is 3.25. The number of aromatic hydroxyl groups is 1. The lowest BCUT2D eigenvalue weighted by atomic mass is 9.88. The highest BCUT2D eigenvalue weighted by atomic mass is 16.3. The standard InChI is InChI=1S/C10H10O3/c11-6-1-2-7-8(5-6)10(13)4-3-9(7)12/h1-2,5,10-11,13H,3-4H2/t10-/m0/s1. The summed E-state index contributed by atoms with van der Waals surface area (Å²) in [4.78, 5) is 11.3. The van der Waals surface area contributed by atoms with Gasteiger partial charge in [0.05, 0.1) is 6.10 Å². The van der Waals surface area contributed by atoms with Gasteiger partial charge in [-0.05, 0) is 30.2 Å². The van der Waals surface area contributed by atoms with E-state index in [0.29, 0.717) is 24.0 Å². The quantitative estimate of drug-likeness (QED) is 0.631. The van der Waals surface area contributed by atoms with Gasteiger partial charge in [0.2, 0.25) is 0 Å². The Morgan fingerprint density at radius 3 is 2.92 bits per heavy atom. The monoisotopic (exact) mass is 178 g/mol. The zero-order valence-electron chi connectivity index (χ0n) is 7.03. The van der Waals surface area contributed by atoms with Gasteiger partial charge in [0.1, 0.15) is 5.75 Å². The van der Waals surface area contributed by atoms with Crippen LogP contribution in [0.4, 0.5) is 0 Å². The third-order valence-corrected chi connectivity index (χ3v) is 2.34. The van der Waals surface area contributed by atoms with Gasteiger partial charge in [-0.2, -0.15) is 0 Å². The van der Waals surface area contributed by atoms with E-state index in [2.05, 4.69) is 0 Å². The number of hydrogen-bond donors (Lipinski definition) is 2. The van der Waals surface area contributed by atoms with Crippen LogP contribution >= 0.6 is 0 Å². The number of carbonyl (C=O) groups excluding carboxylic acids is 1. The van der Waals surface area contributed by atoms with Crippen LogP contribution in [0.5, 0.6) is 5.75 Å². The van der Waals surface area contributed by atoms with Crippen LogP contribution in [-0.2, 0) is 0 Å². The fourth-order valence-electron chi connectivity index (χ4n) is 1.64. The average molecular weight is 178 g/mol. The first-order chi connectivity index (χ1) is 6.18. The third-order valence-electron chi connectivity index (χ3n) is 2.34. The SMILES string of the molecule is O=C1CC[C@H](O)c2cc(O)ccc21. The van der Waals surface area contributed by atoms with E-state index in [-0.39, 0.29) is 11.5 Å². The van der Waals surface area contributed by atoms with Crippen molar-refractivity contribution in [3.8, 4) is 5.75 Å². The minimum atomic E-state index is -0.611. The lowest BCUT2D eigenvalue weighted by Crippen LogP contribution is -2.14. The fraction of sp³-hybridized carbons (Fsp3) is 0.300. The van der Waals surface area contributed by atoms with Crippen molar-refractivity contribution in [1.82, 2.24) is 0 Å². The van der Waals surface area contributed by atoms with Crippen LogP contribution in [0, 0.1) is 0 Å². The average Bonchev–Trinajstić information content (AvgIpc) is 2.12. The van der Waals surface area contributed by atoms with E-state index in [1.807, 2.05) is 0 Å². The van der Waals surface area contributed by atoms with Crippen molar-refractivity contribution in [3.05, 3.63) is 29.3 Å². The third kappa shape index (κ3) is 1.31. The van der Waals surface area contributed by atoms with E-state index in [0.717, 1.165) is 0 Å². The Kier molecular flexibility index (Phi) is 1.81. The highest BCUT2D eigenvalue weighted by Crippen LogP contribution is 2.31. The Hall–Kier alpha value is -1.35. The smallest absolute Gasteiger partial charge is 0.163 e. The van der Waals surface area contributed by atoms with Gasteiger partial charge in [-0.15, -0.1) is 0 Å². The van der Waals surface area contributed by atoms with Crippen molar-refractivity contribution >= 4 is 5.78 Å². The molecule has 0 unspecified atom stereocenters. The molecule has 0 fully saturated rings. The first kappa shape index (κ1) is 8.26. The lowest BCUT2D eigenvalue weighted by Gasteiger charge is -2.19. The number of hydrogen-bond acceptors (Lipinski definition) is 3. The Bertz CT molecular complexity index is 357. The normalized spacial score (nSPS) is 21.3. The molecule has 1 aliphatic carbocycles. The number of rotatable bonds is 0. The molecule has 3 nitrogen and oxygen atoms in total. The molecule has 0 saturated carbocycles. The maximum absolute atomic E-state index is 11.3. The van der Waals surface area contributed by atoms with E-state index in [9.17, 15) is 9.90 Å². The summed E-state index contributed by atoms with van der Waals surface area (Å²) in [7, 11) is 0. The Balaban J connectivity index is 2.57. The molecule has 0 heterocycles. The first-order valence-electron chi connectivity index (χ1n) is 4.22. The number of Topliss-reactive ketones (excluding diaryl/α,β-unsaturated/α-hetero) is 1. The lowest BCUT2D eigenvalue weighted by molar-refractivity contribution is 0.0897. The molecule has 2 rings (SSSR count). The molecule has 0 amide bonds. The van der Waals surface area contributed by atoms with Crippen molar-refractivity contribution in [2.24, 2.45) is 0 Å². The van der Waals surface area contributed by atoms with Crippen molar-refractivity contribution in [3.63, 3.8) is 0 Å². The fourth-order valence-corrected chi connectivity index (χ4v) is 1.64. The number of phenols is 1. The summed E-state index contributed by atoms with van der Waals surface area (Å²) >= 11 is 0. The predicted octanol–water partition coefficient (Wildman–Crippen LogP) is 1.40. The molecule has 68 valence electrons. The number of ketones is 1. The van der Waals surface area contributed by atoms with Crippen molar-refractivity contribution < 1.29 is 15.0 Å². The molecule has 13 heavy (non-hydrogen) atoms. The van der Waals surface area contributed by atoms with Crippen molar-refractivity contribution in [1.29, 1.82) is 0 Å². The van der Waals surface area contributed by atoms with E-state index in [1.165, 1.54) is 12.1 Å². The van der Waals surface area contributed by atoms with E-state index < -0.39 is 6.10 Å². The van der Waals surface area contributed by atoms with Gasteiger partial charge in [-0.1, -0.05) is 0 Å². The number of phenolic OH excluding ortho intramolecular Hbond substituents is 1. The molecule has 0 radical (unpaired) electrons. The largest absolute Gasteiger partial charge is 0.508 e. The topological polar surface area (TPSA) is 57.5 Å². The molecule has 0 saturated heterocycles. The molecule has 0 spiro atoms. The van der Waals surface area contributed by atoms with E-state index in [1.54, 1.807) is 6.07 Å². The molecule has 0 aliphatic heterocycles. The summed E-state index contributed by atoms with van der Waals surface area (Å²) in [5.41, 5.74) is 1.09. The molecule has 1 aliphatic rings. The highest BCUT2D eigenvalue weighted by molar-refractivity contribution is 5.98. The molecule has 3 heteroatoms. The van der Waals surface area contributed by atoms with Gasteiger partial charge in [0, 0.05) is 12.0 Å². The van der Waals surface area contributed by atoms with E-state index >= 15 is 0 Å². The van der Waals surface area contributed by atoms with Crippen LogP contribution < -0.4 is 0 Å². The number of fused-ring (bicyclic) bond motifs is 1. The summed E-state index contributed by atoms with van der Waals surface area (Å²) in [5, 5.41) is 18.7. The molecule has 0 bridgehead atoms. The Morgan fingerprint density at radius 2 is 2.15 bits per heavy atom. The maximum atomic E-state index is 11.3. The summed E-state index contributed by atoms with van der Waals surface area (Å²) in [5.74, 6) is 0.132. The minimum absolute atomic E-state index is 0.0419. The van der Waals surface area contributed by atoms with Gasteiger partial charge in [0.25, 0.3) is 0 Å². The molecule has 2 N–H and O–H groups in total. The number of benzene rings is 1. The molecule has 1 aromatic carbocycles. The summed E-state index contributed by atoms with van der Waals surface area (Å²) < 4.78 is 0. The van der Waals surface area contributed by atoms with Gasteiger partial charge in [-0.3, -0.25) is 4.79 Å². The van der Waals surface area contributed by atoms with Crippen LogP contribution in [-0.4, -0.2) is 16.0 Å². The van der Waals surface area contributed by atoms with Gasteiger partial charge >= 0.3 is 0 Å². The zero-order valence-corrected chi connectivity index (χ0v) is 7.03. The summed E-state index contributed by atoms with van der Waals surface area (Å²) in [6, 6.07) is 4.49. The molecular weight excluding hydrogens is 168 g/mol. The first-order valence-corrected chi connectivity index (χ1v) is 4.22. The minimum Gasteiger partial charge on any atom is -0.508 e. The molecule has 0 aromatic heterocycles. The Morgan fingerprint density at radius 1 is 1.38 bits per heavy atom. The summed E-state index contributed by atoms with van der Waals surface area (Å²) in [6.07, 6.45) is 0.230. The van der Waals surface area contributed by atoms with Crippen LogP contribution in [0.3, 0.4) is 0 Å². The molecular formula is C10H10O3. The van der Waals surface area contributed by atoms with Gasteiger partial charge in [-0.25, -0.2) is 0 Å². The molecule has 1 aromatic rings. The highest BCUT2D eigenvalue weighted by Gasteiger charge is 2.23. The zero-order chi connectivity index (χ0) is 9.42. The second-order valence-electron chi connectivity index (χ2n) is 3.25. The Labute approximate surface area is 75.6 Å². The number of aliphatic hydroxyl groups is 1. The van der Waals surface area contributed by atoms with Crippen molar-refractivity contribution in [2.45, 2.75) is 18.9 Å². The van der Waals surface area contributed by atoms with Gasteiger partial charge in [0.15, 0.2) is 5.78 Å². The van der Waals surface area contributed by atoms with Crippen LogP contribution in [0.1, 0.15) is 34.9 Å².